The maximum Gasteiger partial charge on any atom is 0.303 e. The summed E-state index contributed by atoms with van der Waals surface area (Å²) in [6, 6.07) is 15.7. The lowest BCUT2D eigenvalue weighted by Crippen LogP contribution is -2.34. The van der Waals surface area contributed by atoms with Crippen molar-refractivity contribution in [3.63, 3.8) is 0 Å². The molecule has 1 unspecified atom stereocenters. The molecule has 0 aromatic heterocycles. The van der Waals surface area contributed by atoms with Gasteiger partial charge in [0.15, 0.2) is 6.04 Å². The van der Waals surface area contributed by atoms with Gasteiger partial charge in [-0.25, -0.2) is 4.99 Å². The number of aryl methyl sites for hydroxylation is 1. The SMILES string of the molecule is O=C(O)CCCc1ccccc1Cc1ccccc1C1=NC(C(=O)NCCCCC2CCCCC2)CO1. The number of hydrogen-bond acceptors (Lipinski definition) is 4. The molecule has 2 aromatic carbocycles. The van der Waals surface area contributed by atoms with Gasteiger partial charge in [0.1, 0.15) is 6.61 Å². The second-order valence-electron chi connectivity index (χ2n) is 10.4. The Kier molecular flexibility index (Phi) is 10.2. The highest BCUT2D eigenvalue weighted by Gasteiger charge is 2.27. The van der Waals surface area contributed by atoms with Crippen LogP contribution in [0, 0.1) is 5.92 Å². The standard InChI is InChI=1S/C31H40N2O4/c34-29(35)19-10-17-24-14-4-5-15-25(24)21-26-16-6-7-18-27(26)31-33-28(22-37-31)30(36)32-20-9-8-13-23-11-2-1-3-12-23/h4-7,14-16,18,23,28H,1-3,8-13,17,19-22H2,(H,32,36)(H,34,35). The number of ether oxygens (including phenoxy) is 1. The highest BCUT2D eigenvalue weighted by Crippen LogP contribution is 2.27. The fraction of sp³-hybridized carbons (Fsp3) is 0.516. The molecule has 2 N–H and O–H groups in total. The molecule has 0 spiro atoms. The van der Waals surface area contributed by atoms with E-state index in [-0.39, 0.29) is 18.9 Å². The summed E-state index contributed by atoms with van der Waals surface area (Å²) in [6.45, 7) is 0.964. The Labute approximate surface area is 220 Å². The maximum atomic E-state index is 12.7. The first-order valence-electron chi connectivity index (χ1n) is 14.0. The van der Waals surface area contributed by atoms with Gasteiger partial charge in [0.25, 0.3) is 0 Å². The summed E-state index contributed by atoms with van der Waals surface area (Å²) in [4.78, 5) is 28.3. The molecule has 4 rings (SSSR count). The van der Waals surface area contributed by atoms with Gasteiger partial charge in [-0.15, -0.1) is 0 Å². The van der Waals surface area contributed by atoms with Gasteiger partial charge in [-0.3, -0.25) is 9.59 Å². The first-order chi connectivity index (χ1) is 18.1. The van der Waals surface area contributed by atoms with E-state index in [1.165, 1.54) is 50.5 Å². The number of hydrogen-bond donors (Lipinski definition) is 2. The Morgan fingerprint density at radius 3 is 2.43 bits per heavy atom. The minimum absolute atomic E-state index is 0.0612. The molecular weight excluding hydrogens is 464 g/mol. The zero-order chi connectivity index (χ0) is 25.9. The number of aliphatic carboxylic acids is 1. The fourth-order valence-corrected chi connectivity index (χ4v) is 5.51. The molecule has 6 nitrogen and oxygen atoms in total. The van der Waals surface area contributed by atoms with Crippen molar-refractivity contribution in [3.05, 3.63) is 70.8 Å². The second-order valence-corrected chi connectivity index (χ2v) is 10.4. The quantitative estimate of drug-likeness (QED) is 0.343. The number of carboxylic acid groups (broad SMARTS) is 1. The van der Waals surface area contributed by atoms with Crippen molar-refractivity contribution >= 4 is 17.8 Å². The number of carbonyl (C=O) groups is 2. The molecule has 1 aliphatic carbocycles. The van der Waals surface area contributed by atoms with Gasteiger partial charge in [-0.1, -0.05) is 87.4 Å². The zero-order valence-corrected chi connectivity index (χ0v) is 21.8. The van der Waals surface area contributed by atoms with Gasteiger partial charge in [0.2, 0.25) is 11.8 Å². The van der Waals surface area contributed by atoms with Crippen molar-refractivity contribution in [2.45, 2.75) is 83.1 Å². The Balaban J connectivity index is 1.31. The Hall–Kier alpha value is -3.15. The van der Waals surface area contributed by atoms with Crippen LogP contribution in [0.4, 0.5) is 0 Å². The van der Waals surface area contributed by atoms with Gasteiger partial charge in [0, 0.05) is 18.5 Å². The third-order valence-electron chi connectivity index (χ3n) is 7.60. The topological polar surface area (TPSA) is 88.0 Å². The number of rotatable bonds is 13. The molecule has 1 amide bonds. The number of carbonyl (C=O) groups excluding carboxylic acids is 1. The summed E-state index contributed by atoms with van der Waals surface area (Å²) < 4.78 is 5.90. The summed E-state index contributed by atoms with van der Waals surface area (Å²) in [5.41, 5.74) is 4.32. The van der Waals surface area contributed by atoms with E-state index in [9.17, 15) is 9.59 Å². The minimum atomic E-state index is -0.766. The summed E-state index contributed by atoms with van der Waals surface area (Å²) >= 11 is 0. The summed E-state index contributed by atoms with van der Waals surface area (Å²) in [5, 5.41) is 12.0. The van der Waals surface area contributed by atoms with Gasteiger partial charge >= 0.3 is 5.97 Å². The summed E-state index contributed by atoms with van der Waals surface area (Å²) in [6.07, 6.45) is 12.6. The van der Waals surface area contributed by atoms with Crippen molar-refractivity contribution in [2.75, 3.05) is 13.2 Å². The van der Waals surface area contributed by atoms with Crippen LogP contribution in [0.3, 0.4) is 0 Å². The molecular formula is C31H40N2O4. The van der Waals surface area contributed by atoms with E-state index in [0.717, 1.165) is 35.4 Å². The molecule has 0 saturated heterocycles. The van der Waals surface area contributed by atoms with E-state index < -0.39 is 12.0 Å². The van der Waals surface area contributed by atoms with Crippen LogP contribution in [0.1, 0.15) is 86.5 Å². The first-order valence-corrected chi connectivity index (χ1v) is 14.0. The maximum absolute atomic E-state index is 12.7. The lowest BCUT2D eigenvalue weighted by molar-refractivity contribution is -0.137. The van der Waals surface area contributed by atoms with Crippen LogP contribution in [-0.4, -0.2) is 42.1 Å². The van der Waals surface area contributed by atoms with E-state index in [0.29, 0.717) is 25.3 Å². The van der Waals surface area contributed by atoms with Crippen LogP contribution in [0.2, 0.25) is 0 Å². The number of benzene rings is 2. The predicted octanol–water partition coefficient (Wildman–Crippen LogP) is 5.70. The first kappa shape index (κ1) is 26.9. The molecule has 6 heteroatoms. The monoisotopic (exact) mass is 504 g/mol. The van der Waals surface area contributed by atoms with Crippen LogP contribution in [0.15, 0.2) is 53.5 Å². The molecule has 1 fully saturated rings. The van der Waals surface area contributed by atoms with E-state index in [1.54, 1.807) is 0 Å². The molecule has 0 bridgehead atoms. The smallest absolute Gasteiger partial charge is 0.303 e. The van der Waals surface area contributed by atoms with Gasteiger partial charge in [0.05, 0.1) is 0 Å². The zero-order valence-electron chi connectivity index (χ0n) is 21.8. The summed E-state index contributed by atoms with van der Waals surface area (Å²) in [5.74, 6) is 0.583. The van der Waals surface area contributed by atoms with Crippen LogP contribution in [0.25, 0.3) is 0 Å². The third-order valence-corrected chi connectivity index (χ3v) is 7.60. The minimum Gasteiger partial charge on any atom is -0.481 e. The molecule has 2 aliphatic rings. The molecule has 1 atom stereocenters. The molecule has 37 heavy (non-hydrogen) atoms. The van der Waals surface area contributed by atoms with Gasteiger partial charge < -0.3 is 15.2 Å². The number of unbranched alkanes of at least 4 members (excludes halogenated alkanes) is 1. The Bertz CT molecular complexity index is 1070. The van der Waals surface area contributed by atoms with Gasteiger partial charge in [-0.2, -0.15) is 0 Å². The highest BCUT2D eigenvalue weighted by atomic mass is 16.5. The van der Waals surface area contributed by atoms with E-state index in [1.807, 2.05) is 30.3 Å². The van der Waals surface area contributed by atoms with Gasteiger partial charge in [-0.05, 0) is 54.4 Å². The lowest BCUT2D eigenvalue weighted by atomic mass is 9.86. The third kappa shape index (κ3) is 8.17. The Morgan fingerprint density at radius 2 is 1.65 bits per heavy atom. The predicted molar refractivity (Wildman–Crippen MR) is 146 cm³/mol. The average molecular weight is 505 g/mol. The largest absolute Gasteiger partial charge is 0.481 e. The number of amides is 1. The van der Waals surface area contributed by atoms with Crippen LogP contribution >= 0.6 is 0 Å². The van der Waals surface area contributed by atoms with E-state index in [2.05, 4.69) is 28.5 Å². The van der Waals surface area contributed by atoms with Crippen LogP contribution in [-0.2, 0) is 27.2 Å². The van der Waals surface area contributed by atoms with E-state index >= 15 is 0 Å². The highest BCUT2D eigenvalue weighted by molar-refractivity contribution is 5.99. The number of nitrogens with zero attached hydrogens (tertiary/aromatic N) is 1. The second kappa shape index (κ2) is 14.0. The molecule has 1 aliphatic heterocycles. The van der Waals surface area contributed by atoms with Crippen molar-refractivity contribution in [2.24, 2.45) is 10.9 Å². The average Bonchev–Trinajstić information content (AvgIpc) is 3.40. The number of carboxylic acids is 1. The fourth-order valence-electron chi connectivity index (χ4n) is 5.51. The molecule has 198 valence electrons. The number of nitrogens with one attached hydrogen (secondary N) is 1. The molecule has 1 saturated carbocycles. The van der Waals surface area contributed by atoms with Crippen LogP contribution < -0.4 is 5.32 Å². The van der Waals surface area contributed by atoms with Crippen LogP contribution in [0.5, 0.6) is 0 Å². The van der Waals surface area contributed by atoms with Crippen molar-refractivity contribution in [1.29, 1.82) is 0 Å². The molecule has 2 aromatic rings. The number of aliphatic imine (C=N–C) groups is 1. The lowest BCUT2D eigenvalue weighted by Gasteiger charge is -2.21. The van der Waals surface area contributed by atoms with E-state index in [4.69, 9.17) is 9.84 Å². The summed E-state index contributed by atoms with van der Waals surface area (Å²) in [7, 11) is 0. The molecule has 1 heterocycles. The van der Waals surface area contributed by atoms with Crippen molar-refractivity contribution in [3.8, 4) is 0 Å². The van der Waals surface area contributed by atoms with Crippen molar-refractivity contribution < 1.29 is 19.4 Å². The van der Waals surface area contributed by atoms with Crippen molar-refractivity contribution in [1.82, 2.24) is 5.32 Å². The Morgan fingerprint density at radius 1 is 0.919 bits per heavy atom. The molecule has 0 radical (unpaired) electrons. The normalized spacial score (nSPS) is 17.7.